The summed E-state index contributed by atoms with van der Waals surface area (Å²) < 4.78 is 18.5. The van der Waals surface area contributed by atoms with Crippen molar-refractivity contribution in [3.63, 3.8) is 0 Å². The number of benzene rings is 2. The van der Waals surface area contributed by atoms with Crippen LogP contribution in [-0.2, 0) is 6.54 Å². The molecule has 2 aromatic carbocycles. The molecule has 0 saturated heterocycles. The summed E-state index contributed by atoms with van der Waals surface area (Å²) in [6, 6.07) is 16.9. The fourth-order valence-corrected chi connectivity index (χ4v) is 2.52. The normalized spacial score (nSPS) is 10.3. The number of hydrogen-bond donors (Lipinski definition) is 2. The predicted octanol–water partition coefficient (Wildman–Crippen LogP) is 4.29. The van der Waals surface area contributed by atoms with Crippen molar-refractivity contribution in [2.24, 2.45) is 0 Å². The number of para-hydroxylation sites is 2. The lowest BCUT2D eigenvalue weighted by Gasteiger charge is -2.12. The predicted molar refractivity (Wildman–Crippen MR) is 103 cm³/mol. The number of halogens is 1. The minimum atomic E-state index is -0.303. The zero-order valence-corrected chi connectivity index (χ0v) is 14.9. The van der Waals surface area contributed by atoms with Gasteiger partial charge in [0.25, 0.3) is 5.91 Å². The molecule has 0 aliphatic heterocycles. The third-order valence-electron chi connectivity index (χ3n) is 3.84. The zero-order valence-electron chi connectivity index (χ0n) is 14.9. The van der Waals surface area contributed by atoms with E-state index in [0.29, 0.717) is 30.3 Å². The van der Waals surface area contributed by atoms with Gasteiger partial charge in [0, 0.05) is 18.3 Å². The Balaban J connectivity index is 1.68. The van der Waals surface area contributed by atoms with Gasteiger partial charge >= 0.3 is 0 Å². The van der Waals surface area contributed by atoms with Crippen molar-refractivity contribution < 1.29 is 13.9 Å². The number of nitrogens with zero attached hydrogens (tertiary/aromatic N) is 1. The molecule has 1 heterocycles. The van der Waals surface area contributed by atoms with Gasteiger partial charge in [0.2, 0.25) is 0 Å². The van der Waals surface area contributed by atoms with Gasteiger partial charge in [0.15, 0.2) is 0 Å². The first-order chi connectivity index (χ1) is 13.2. The molecule has 0 aliphatic carbocycles. The van der Waals surface area contributed by atoms with Crippen molar-refractivity contribution in [1.82, 2.24) is 10.3 Å². The van der Waals surface area contributed by atoms with Crippen LogP contribution in [0.3, 0.4) is 0 Å². The average Bonchev–Trinajstić information content (AvgIpc) is 2.69. The van der Waals surface area contributed by atoms with Crippen molar-refractivity contribution in [3.05, 3.63) is 83.8 Å². The Labute approximate surface area is 157 Å². The molecule has 6 heteroatoms. The molecule has 1 aromatic heterocycles. The number of nitrogens with one attached hydrogen (secondary N) is 2. The Bertz CT molecular complexity index is 913. The standard InChI is InChI=1S/C21H20FN3O2/c1-2-27-19-6-4-3-5-18(19)25-20-13-16(11-12-23-20)21(26)24-14-15-7-9-17(22)10-8-15/h3-13H,2,14H2,1H3,(H,23,25)(H,24,26). The summed E-state index contributed by atoms with van der Waals surface area (Å²) in [6.45, 7) is 2.79. The number of aromatic nitrogens is 1. The summed E-state index contributed by atoms with van der Waals surface area (Å²) in [5.74, 6) is 0.717. The number of ether oxygens (including phenoxy) is 1. The molecule has 5 nitrogen and oxygen atoms in total. The monoisotopic (exact) mass is 365 g/mol. The first kappa shape index (κ1) is 18.4. The van der Waals surface area contributed by atoms with Crippen molar-refractivity contribution >= 4 is 17.4 Å². The second kappa shape index (κ2) is 8.80. The van der Waals surface area contributed by atoms with Crippen LogP contribution in [0.15, 0.2) is 66.9 Å². The third kappa shape index (κ3) is 5.04. The molecule has 0 atom stereocenters. The quantitative estimate of drug-likeness (QED) is 0.655. The summed E-state index contributed by atoms with van der Waals surface area (Å²) in [5.41, 5.74) is 2.07. The molecule has 0 aliphatic rings. The van der Waals surface area contributed by atoms with Gasteiger partial charge in [-0.25, -0.2) is 9.37 Å². The van der Waals surface area contributed by atoms with Crippen LogP contribution in [0.1, 0.15) is 22.8 Å². The maximum atomic E-state index is 12.9. The van der Waals surface area contributed by atoms with E-state index in [1.807, 2.05) is 31.2 Å². The molecule has 0 unspecified atom stereocenters. The topological polar surface area (TPSA) is 63.2 Å². The van der Waals surface area contributed by atoms with Gasteiger partial charge in [-0.15, -0.1) is 0 Å². The summed E-state index contributed by atoms with van der Waals surface area (Å²) >= 11 is 0. The zero-order chi connectivity index (χ0) is 19.1. The van der Waals surface area contributed by atoms with E-state index in [9.17, 15) is 9.18 Å². The van der Waals surface area contributed by atoms with E-state index < -0.39 is 0 Å². The summed E-state index contributed by atoms with van der Waals surface area (Å²) in [4.78, 5) is 16.7. The molecule has 2 N–H and O–H groups in total. The number of pyridine rings is 1. The van der Waals surface area contributed by atoms with E-state index >= 15 is 0 Å². The van der Waals surface area contributed by atoms with Gasteiger partial charge in [0.1, 0.15) is 17.4 Å². The van der Waals surface area contributed by atoms with Gasteiger partial charge in [-0.3, -0.25) is 4.79 Å². The Hall–Kier alpha value is -3.41. The molecule has 0 spiro atoms. The van der Waals surface area contributed by atoms with Crippen molar-refractivity contribution in [1.29, 1.82) is 0 Å². The second-order valence-electron chi connectivity index (χ2n) is 5.79. The van der Waals surface area contributed by atoms with Crippen molar-refractivity contribution in [2.75, 3.05) is 11.9 Å². The van der Waals surface area contributed by atoms with E-state index in [1.54, 1.807) is 30.5 Å². The minimum absolute atomic E-state index is 0.233. The van der Waals surface area contributed by atoms with Crippen LogP contribution in [-0.4, -0.2) is 17.5 Å². The smallest absolute Gasteiger partial charge is 0.251 e. The third-order valence-corrected chi connectivity index (χ3v) is 3.84. The van der Waals surface area contributed by atoms with E-state index in [2.05, 4.69) is 15.6 Å². The molecular weight excluding hydrogens is 345 g/mol. The van der Waals surface area contributed by atoms with Gasteiger partial charge in [-0.1, -0.05) is 24.3 Å². The number of anilines is 2. The maximum absolute atomic E-state index is 12.9. The lowest BCUT2D eigenvalue weighted by molar-refractivity contribution is 0.0951. The fraction of sp³-hybridized carbons (Fsp3) is 0.143. The second-order valence-corrected chi connectivity index (χ2v) is 5.79. The van der Waals surface area contributed by atoms with Crippen LogP contribution in [0.4, 0.5) is 15.9 Å². The Kier molecular flexibility index (Phi) is 5.99. The molecule has 0 radical (unpaired) electrons. The lowest BCUT2D eigenvalue weighted by atomic mass is 10.2. The van der Waals surface area contributed by atoms with E-state index in [4.69, 9.17) is 4.74 Å². The van der Waals surface area contributed by atoms with E-state index in [1.165, 1.54) is 12.1 Å². The molecule has 138 valence electrons. The van der Waals surface area contributed by atoms with Crippen molar-refractivity contribution in [2.45, 2.75) is 13.5 Å². The van der Waals surface area contributed by atoms with Gasteiger partial charge < -0.3 is 15.4 Å². The number of amides is 1. The molecular formula is C21H20FN3O2. The first-order valence-corrected chi connectivity index (χ1v) is 8.63. The van der Waals surface area contributed by atoms with Crippen LogP contribution in [0.25, 0.3) is 0 Å². The van der Waals surface area contributed by atoms with E-state index in [0.717, 1.165) is 11.3 Å². The lowest BCUT2D eigenvalue weighted by Crippen LogP contribution is -2.22. The number of carbonyl (C=O) groups excluding carboxylic acids is 1. The SMILES string of the molecule is CCOc1ccccc1Nc1cc(C(=O)NCc2ccc(F)cc2)ccn1. The van der Waals surface area contributed by atoms with E-state index in [-0.39, 0.29) is 11.7 Å². The van der Waals surface area contributed by atoms with Crippen LogP contribution in [0, 0.1) is 5.82 Å². The molecule has 3 rings (SSSR count). The van der Waals surface area contributed by atoms with Gasteiger partial charge in [0.05, 0.1) is 12.3 Å². The molecule has 0 bridgehead atoms. The summed E-state index contributed by atoms with van der Waals surface area (Å²) in [7, 11) is 0. The largest absolute Gasteiger partial charge is 0.492 e. The highest BCUT2D eigenvalue weighted by atomic mass is 19.1. The first-order valence-electron chi connectivity index (χ1n) is 8.63. The molecule has 27 heavy (non-hydrogen) atoms. The van der Waals surface area contributed by atoms with Crippen LogP contribution >= 0.6 is 0 Å². The van der Waals surface area contributed by atoms with Crippen molar-refractivity contribution in [3.8, 4) is 5.75 Å². The summed E-state index contributed by atoms with van der Waals surface area (Å²) in [6.07, 6.45) is 1.57. The Morgan fingerprint density at radius 1 is 1.11 bits per heavy atom. The molecule has 0 fully saturated rings. The molecule has 1 amide bonds. The fourth-order valence-electron chi connectivity index (χ4n) is 2.52. The van der Waals surface area contributed by atoms with Gasteiger partial charge in [-0.2, -0.15) is 0 Å². The number of rotatable bonds is 7. The number of hydrogen-bond acceptors (Lipinski definition) is 4. The van der Waals surface area contributed by atoms with Crippen LogP contribution in [0.2, 0.25) is 0 Å². The van der Waals surface area contributed by atoms with Crippen LogP contribution in [0.5, 0.6) is 5.75 Å². The maximum Gasteiger partial charge on any atom is 0.251 e. The number of carbonyl (C=O) groups is 1. The Morgan fingerprint density at radius 2 is 1.89 bits per heavy atom. The highest BCUT2D eigenvalue weighted by Crippen LogP contribution is 2.26. The molecule has 3 aromatic rings. The average molecular weight is 365 g/mol. The van der Waals surface area contributed by atoms with Crippen LogP contribution < -0.4 is 15.4 Å². The van der Waals surface area contributed by atoms with Gasteiger partial charge in [-0.05, 0) is 48.9 Å². The molecule has 0 saturated carbocycles. The summed E-state index contributed by atoms with van der Waals surface area (Å²) in [5, 5.41) is 5.99. The minimum Gasteiger partial charge on any atom is -0.492 e. The highest BCUT2D eigenvalue weighted by molar-refractivity contribution is 5.94. The Morgan fingerprint density at radius 3 is 2.67 bits per heavy atom. The highest BCUT2D eigenvalue weighted by Gasteiger charge is 2.09.